The van der Waals surface area contributed by atoms with Crippen molar-refractivity contribution in [3.8, 4) is 0 Å². The summed E-state index contributed by atoms with van der Waals surface area (Å²) in [6.45, 7) is 4.26. The van der Waals surface area contributed by atoms with Gasteiger partial charge in [0, 0.05) is 45.5 Å². The molecule has 0 atom stereocenters. The van der Waals surface area contributed by atoms with Gasteiger partial charge < -0.3 is 19.4 Å². The molecular weight excluding hydrogens is 368 g/mol. The zero-order valence-corrected chi connectivity index (χ0v) is 16.3. The Kier molecular flexibility index (Phi) is 6.84. The van der Waals surface area contributed by atoms with E-state index in [2.05, 4.69) is 15.2 Å². The summed E-state index contributed by atoms with van der Waals surface area (Å²) in [6.07, 6.45) is 3.85. The largest absolute Gasteiger partial charge is 0.467 e. The molecule has 0 spiro atoms. The molecule has 1 saturated heterocycles. The van der Waals surface area contributed by atoms with Crippen molar-refractivity contribution in [2.75, 3.05) is 51.7 Å². The normalized spacial score (nSPS) is 16.5. The van der Waals surface area contributed by atoms with E-state index in [4.69, 9.17) is 9.15 Å². The van der Waals surface area contributed by atoms with Gasteiger partial charge in [-0.3, -0.25) is 0 Å². The lowest BCUT2D eigenvalue weighted by atomic mass is 10.4. The second-order valence-electron chi connectivity index (χ2n) is 6.50. The van der Waals surface area contributed by atoms with Crippen LogP contribution in [0.5, 0.6) is 0 Å². The highest BCUT2D eigenvalue weighted by Gasteiger charge is 2.27. The Labute approximate surface area is 160 Å². The number of rotatable bonds is 9. The number of likely N-dealkylation sites (N-methyl/N-ethyl adjacent to an activating group) is 1. The maximum atomic E-state index is 12.7. The topological polar surface area (TPSA) is 87.9 Å². The molecule has 2 aromatic heterocycles. The number of anilines is 1. The standard InChI is InChI=1S/C18H26N4O4S/c1-21-8-10-22(11-9-21)27(23,24)17-5-6-18(20-14-17)19-7-3-12-25-15-16-4-2-13-26-16/h2,4-6,13-14H,3,7-12,15H2,1H3,(H,19,20). The number of sulfonamides is 1. The summed E-state index contributed by atoms with van der Waals surface area (Å²) in [5, 5.41) is 3.17. The fourth-order valence-corrected chi connectivity index (χ4v) is 4.14. The van der Waals surface area contributed by atoms with Gasteiger partial charge in [-0.2, -0.15) is 4.31 Å². The number of hydrogen-bond acceptors (Lipinski definition) is 7. The third kappa shape index (κ3) is 5.52. The molecule has 1 N–H and O–H groups in total. The predicted molar refractivity (Wildman–Crippen MR) is 102 cm³/mol. The second-order valence-corrected chi connectivity index (χ2v) is 8.44. The highest BCUT2D eigenvalue weighted by Crippen LogP contribution is 2.17. The fourth-order valence-electron chi connectivity index (χ4n) is 2.77. The molecule has 1 aliphatic heterocycles. The molecule has 2 aromatic rings. The average molecular weight is 394 g/mol. The van der Waals surface area contributed by atoms with Gasteiger partial charge in [-0.05, 0) is 37.7 Å². The number of nitrogens with zero attached hydrogens (tertiary/aromatic N) is 3. The monoisotopic (exact) mass is 394 g/mol. The number of pyridine rings is 1. The van der Waals surface area contributed by atoms with Crippen molar-refractivity contribution in [2.45, 2.75) is 17.9 Å². The number of nitrogens with one attached hydrogen (secondary N) is 1. The Morgan fingerprint density at radius 2 is 2.04 bits per heavy atom. The van der Waals surface area contributed by atoms with Gasteiger partial charge in [0.15, 0.2) is 0 Å². The molecule has 0 aliphatic carbocycles. The van der Waals surface area contributed by atoms with Crippen LogP contribution in [-0.4, -0.2) is 69.0 Å². The first kappa shape index (κ1) is 19.8. The summed E-state index contributed by atoms with van der Waals surface area (Å²) >= 11 is 0. The van der Waals surface area contributed by atoms with E-state index in [1.54, 1.807) is 18.4 Å². The number of ether oxygens (including phenoxy) is 1. The summed E-state index contributed by atoms with van der Waals surface area (Å²) < 4.78 is 37.5. The molecule has 3 heterocycles. The van der Waals surface area contributed by atoms with Crippen molar-refractivity contribution in [1.82, 2.24) is 14.2 Å². The van der Waals surface area contributed by atoms with Gasteiger partial charge in [0.1, 0.15) is 23.1 Å². The number of furan rings is 1. The molecule has 0 bridgehead atoms. The predicted octanol–water partition coefficient (Wildman–Crippen LogP) is 1.63. The lowest BCUT2D eigenvalue weighted by molar-refractivity contribution is 0.106. The summed E-state index contributed by atoms with van der Waals surface area (Å²) in [4.78, 5) is 6.59. The maximum absolute atomic E-state index is 12.7. The van der Waals surface area contributed by atoms with Crippen LogP contribution >= 0.6 is 0 Å². The van der Waals surface area contributed by atoms with Crippen molar-refractivity contribution in [2.24, 2.45) is 0 Å². The van der Waals surface area contributed by atoms with Gasteiger partial charge in [-0.15, -0.1) is 0 Å². The van der Waals surface area contributed by atoms with E-state index < -0.39 is 10.0 Å². The molecule has 0 saturated carbocycles. The van der Waals surface area contributed by atoms with Crippen molar-refractivity contribution < 1.29 is 17.6 Å². The van der Waals surface area contributed by atoms with Crippen LogP contribution in [0.15, 0.2) is 46.0 Å². The molecule has 3 rings (SSSR count). The molecule has 148 valence electrons. The van der Waals surface area contributed by atoms with Gasteiger partial charge in [-0.1, -0.05) is 0 Å². The second kappa shape index (κ2) is 9.32. The van der Waals surface area contributed by atoms with E-state index in [9.17, 15) is 8.42 Å². The van der Waals surface area contributed by atoms with Crippen molar-refractivity contribution in [3.05, 3.63) is 42.5 Å². The van der Waals surface area contributed by atoms with Crippen molar-refractivity contribution >= 4 is 15.8 Å². The minimum Gasteiger partial charge on any atom is -0.467 e. The summed E-state index contributed by atoms with van der Waals surface area (Å²) in [6, 6.07) is 7.02. The first-order valence-electron chi connectivity index (χ1n) is 9.04. The lowest BCUT2D eigenvalue weighted by Crippen LogP contribution is -2.47. The average Bonchev–Trinajstić information content (AvgIpc) is 3.19. The quantitative estimate of drug-likeness (QED) is 0.647. The van der Waals surface area contributed by atoms with Gasteiger partial charge in [-0.25, -0.2) is 13.4 Å². The van der Waals surface area contributed by atoms with Gasteiger partial charge in [0.05, 0.1) is 6.26 Å². The van der Waals surface area contributed by atoms with Crippen LogP contribution in [0.3, 0.4) is 0 Å². The molecule has 1 aliphatic rings. The minimum atomic E-state index is -3.47. The molecule has 9 heteroatoms. The molecular formula is C18H26N4O4S. The van der Waals surface area contributed by atoms with Crippen LogP contribution in [-0.2, 0) is 21.4 Å². The first-order valence-corrected chi connectivity index (χ1v) is 10.5. The Bertz CT molecular complexity index is 785. The molecule has 0 radical (unpaired) electrons. The van der Waals surface area contributed by atoms with Gasteiger partial charge >= 0.3 is 0 Å². The highest BCUT2D eigenvalue weighted by molar-refractivity contribution is 7.89. The molecule has 0 unspecified atom stereocenters. The summed E-state index contributed by atoms with van der Waals surface area (Å²) in [5.41, 5.74) is 0. The van der Waals surface area contributed by atoms with E-state index in [-0.39, 0.29) is 4.90 Å². The van der Waals surface area contributed by atoms with E-state index in [1.807, 2.05) is 19.2 Å². The van der Waals surface area contributed by atoms with Crippen LogP contribution in [0.2, 0.25) is 0 Å². The number of hydrogen-bond donors (Lipinski definition) is 1. The Morgan fingerprint density at radius 3 is 2.70 bits per heavy atom. The Hall–Kier alpha value is -1.94. The van der Waals surface area contributed by atoms with Crippen molar-refractivity contribution in [3.63, 3.8) is 0 Å². The fraction of sp³-hybridized carbons (Fsp3) is 0.500. The van der Waals surface area contributed by atoms with E-state index in [1.165, 1.54) is 10.5 Å². The maximum Gasteiger partial charge on any atom is 0.244 e. The van der Waals surface area contributed by atoms with Crippen molar-refractivity contribution in [1.29, 1.82) is 0 Å². The number of piperazine rings is 1. The van der Waals surface area contributed by atoms with E-state index >= 15 is 0 Å². The SMILES string of the molecule is CN1CCN(S(=O)(=O)c2ccc(NCCCOCc3ccco3)nc2)CC1. The summed E-state index contributed by atoms with van der Waals surface area (Å²) in [5.74, 6) is 1.46. The zero-order valence-electron chi connectivity index (χ0n) is 15.5. The number of aromatic nitrogens is 1. The molecule has 0 aromatic carbocycles. The minimum absolute atomic E-state index is 0.236. The molecule has 8 nitrogen and oxygen atoms in total. The Balaban J connectivity index is 1.41. The molecule has 1 fully saturated rings. The third-order valence-electron chi connectivity index (χ3n) is 4.43. The highest BCUT2D eigenvalue weighted by atomic mass is 32.2. The smallest absolute Gasteiger partial charge is 0.244 e. The lowest BCUT2D eigenvalue weighted by Gasteiger charge is -2.31. The first-order chi connectivity index (χ1) is 13.1. The van der Waals surface area contributed by atoms with Crippen LogP contribution in [0.4, 0.5) is 5.82 Å². The van der Waals surface area contributed by atoms with Gasteiger partial charge in [0.2, 0.25) is 10.0 Å². The van der Waals surface area contributed by atoms with Crippen LogP contribution in [0.25, 0.3) is 0 Å². The molecule has 0 amide bonds. The van der Waals surface area contributed by atoms with Crippen LogP contribution in [0, 0.1) is 0 Å². The third-order valence-corrected chi connectivity index (χ3v) is 6.31. The molecule has 27 heavy (non-hydrogen) atoms. The van der Waals surface area contributed by atoms with Crippen LogP contribution < -0.4 is 5.32 Å². The van der Waals surface area contributed by atoms with Gasteiger partial charge in [0.25, 0.3) is 0 Å². The van der Waals surface area contributed by atoms with Crippen LogP contribution in [0.1, 0.15) is 12.2 Å². The van der Waals surface area contributed by atoms with E-state index in [0.717, 1.165) is 25.3 Å². The zero-order chi connectivity index (χ0) is 19.1. The van der Waals surface area contributed by atoms with E-state index in [0.29, 0.717) is 38.7 Å². The summed E-state index contributed by atoms with van der Waals surface area (Å²) in [7, 11) is -1.47. The Morgan fingerprint density at radius 1 is 1.22 bits per heavy atom.